The van der Waals surface area contributed by atoms with Crippen LogP contribution in [-0.4, -0.2) is 48.2 Å². The summed E-state index contributed by atoms with van der Waals surface area (Å²) >= 11 is 0. The van der Waals surface area contributed by atoms with Gasteiger partial charge in [-0.15, -0.1) is 0 Å². The highest BCUT2D eigenvalue weighted by Gasteiger charge is 2.22. The summed E-state index contributed by atoms with van der Waals surface area (Å²) in [7, 11) is 0.853. The number of hydrogen-bond acceptors (Lipinski definition) is 4. The topological polar surface area (TPSA) is 41.6 Å². The highest BCUT2D eigenvalue weighted by atomic mass is 32.2. The third kappa shape index (κ3) is 4.34. The molecule has 1 aliphatic heterocycles. The molecule has 1 heterocycles. The van der Waals surface area contributed by atoms with Crippen LogP contribution in [0.5, 0.6) is 5.75 Å². The van der Waals surface area contributed by atoms with Gasteiger partial charge in [0, 0.05) is 41.9 Å². The van der Waals surface area contributed by atoms with E-state index in [9.17, 15) is 4.21 Å². The lowest BCUT2D eigenvalue weighted by atomic mass is 10.0. The number of methoxy groups -OCH3 is 1. The summed E-state index contributed by atoms with van der Waals surface area (Å²) in [4.78, 5) is 3.43. The lowest BCUT2D eigenvalue weighted by molar-refractivity contribution is 0.171. The Bertz CT molecular complexity index is 761. The number of nitrogens with zero attached hydrogens (tertiary/aromatic N) is 1. The van der Waals surface area contributed by atoms with E-state index in [1.165, 1.54) is 16.7 Å². The number of piperazine rings is 1. The quantitative estimate of drug-likeness (QED) is 0.745. The standard InChI is InChI=1S/C14H22N2OS.C7H6O/c1-3-16-10-9-15-11-14(16)12-5-7-13(8-6-12)18(17)4-2;1-8-7-3-2-5-4-6(5)7/h5-8,14-15H,3-4,9-11H2,1-2H3;2-4H,1H3. The molecule has 4 rings (SSSR count). The van der Waals surface area contributed by atoms with Gasteiger partial charge in [0.25, 0.3) is 0 Å². The van der Waals surface area contributed by atoms with Crippen LogP contribution in [0.3, 0.4) is 0 Å². The fourth-order valence-electron chi connectivity index (χ4n) is 3.37. The van der Waals surface area contributed by atoms with Crippen LogP contribution in [0.4, 0.5) is 0 Å². The second kappa shape index (κ2) is 8.80. The largest absolute Gasteiger partial charge is 0.496 e. The number of benzene rings is 2. The molecule has 3 aliphatic rings. The van der Waals surface area contributed by atoms with Gasteiger partial charge >= 0.3 is 0 Å². The first-order valence-corrected chi connectivity index (χ1v) is 10.6. The van der Waals surface area contributed by atoms with Crippen molar-refractivity contribution in [2.75, 3.05) is 39.0 Å². The van der Waals surface area contributed by atoms with E-state index in [2.05, 4.69) is 41.4 Å². The maximum Gasteiger partial charge on any atom is 0.126 e. The van der Waals surface area contributed by atoms with Gasteiger partial charge in [0.05, 0.1) is 17.9 Å². The summed E-state index contributed by atoms with van der Waals surface area (Å²) in [6.07, 6.45) is 0. The van der Waals surface area contributed by atoms with Crippen molar-refractivity contribution in [3.63, 3.8) is 0 Å². The normalized spacial score (nSPS) is 19.3. The van der Waals surface area contributed by atoms with Gasteiger partial charge in [-0.3, -0.25) is 9.11 Å². The molecule has 1 saturated heterocycles. The lowest BCUT2D eigenvalue weighted by Crippen LogP contribution is -2.45. The lowest BCUT2D eigenvalue weighted by Gasteiger charge is -2.35. The molecule has 0 radical (unpaired) electrons. The number of nitrogens with one attached hydrogen (secondary N) is 1. The molecule has 1 aromatic carbocycles. The van der Waals surface area contributed by atoms with Crippen LogP contribution in [0.1, 0.15) is 25.5 Å². The van der Waals surface area contributed by atoms with Crippen molar-refractivity contribution in [3.05, 3.63) is 48.0 Å². The third-order valence-corrected chi connectivity index (χ3v) is 6.30. The average Bonchev–Trinajstić information content (AvgIpc) is 3.38. The molecular weight excluding hydrogens is 344 g/mol. The molecule has 0 bridgehead atoms. The molecule has 0 aromatic heterocycles. The van der Waals surface area contributed by atoms with Crippen LogP contribution < -0.4 is 10.1 Å². The summed E-state index contributed by atoms with van der Waals surface area (Å²) in [5.41, 5.74) is 3.94. The van der Waals surface area contributed by atoms with E-state index in [4.69, 9.17) is 4.74 Å². The number of fused-ring (bicyclic) bond motifs is 1. The van der Waals surface area contributed by atoms with Crippen molar-refractivity contribution in [2.45, 2.75) is 24.8 Å². The van der Waals surface area contributed by atoms with Crippen molar-refractivity contribution in [2.24, 2.45) is 0 Å². The first-order valence-electron chi connectivity index (χ1n) is 9.29. The van der Waals surface area contributed by atoms with Gasteiger partial charge < -0.3 is 10.1 Å². The fraction of sp³-hybridized carbons (Fsp3) is 0.429. The predicted molar refractivity (Wildman–Crippen MR) is 108 cm³/mol. The molecule has 1 N–H and O–H groups in total. The van der Waals surface area contributed by atoms with Crippen molar-refractivity contribution < 1.29 is 8.95 Å². The Morgan fingerprint density at radius 3 is 2.46 bits per heavy atom. The van der Waals surface area contributed by atoms with Crippen LogP contribution in [0.15, 0.2) is 47.4 Å². The highest BCUT2D eigenvalue weighted by molar-refractivity contribution is 7.85. The van der Waals surface area contributed by atoms with Crippen LogP contribution in [0.2, 0.25) is 0 Å². The highest BCUT2D eigenvalue weighted by Crippen LogP contribution is 2.43. The van der Waals surface area contributed by atoms with Gasteiger partial charge in [0.2, 0.25) is 0 Å². The third-order valence-electron chi connectivity index (χ3n) is 4.98. The maximum absolute atomic E-state index is 11.7. The maximum atomic E-state index is 11.7. The molecule has 140 valence electrons. The van der Waals surface area contributed by atoms with Crippen molar-refractivity contribution in [1.82, 2.24) is 10.2 Å². The Morgan fingerprint density at radius 1 is 1.19 bits per heavy atom. The Kier molecular flexibility index (Phi) is 6.46. The van der Waals surface area contributed by atoms with Crippen LogP contribution in [0, 0.1) is 0 Å². The van der Waals surface area contributed by atoms with E-state index >= 15 is 0 Å². The first-order chi connectivity index (χ1) is 12.7. The van der Waals surface area contributed by atoms with Crippen LogP contribution in [0.25, 0.3) is 11.1 Å². The van der Waals surface area contributed by atoms with Crippen molar-refractivity contribution in [3.8, 4) is 16.9 Å². The van der Waals surface area contributed by atoms with E-state index in [0.717, 1.165) is 36.8 Å². The summed E-state index contributed by atoms with van der Waals surface area (Å²) in [6, 6.07) is 14.9. The molecule has 0 saturated carbocycles. The van der Waals surface area contributed by atoms with E-state index < -0.39 is 10.8 Å². The van der Waals surface area contributed by atoms with Crippen LogP contribution >= 0.6 is 0 Å². The predicted octanol–water partition coefficient (Wildman–Crippen LogP) is 3.46. The van der Waals surface area contributed by atoms with Crippen molar-refractivity contribution >= 4 is 10.8 Å². The van der Waals surface area contributed by atoms with Crippen molar-refractivity contribution in [1.29, 1.82) is 0 Å². The Labute approximate surface area is 159 Å². The van der Waals surface area contributed by atoms with E-state index in [0.29, 0.717) is 11.8 Å². The molecule has 26 heavy (non-hydrogen) atoms. The van der Waals surface area contributed by atoms with Gasteiger partial charge in [-0.1, -0.05) is 32.0 Å². The molecule has 5 heteroatoms. The minimum Gasteiger partial charge on any atom is -0.496 e. The summed E-state index contributed by atoms with van der Waals surface area (Å²) in [6.45, 7) is 8.41. The minimum atomic E-state index is -0.843. The number of rotatable bonds is 5. The Balaban J connectivity index is 0.000000201. The number of ether oxygens (including phenoxy) is 1. The van der Waals surface area contributed by atoms with Gasteiger partial charge in [-0.25, -0.2) is 0 Å². The van der Waals surface area contributed by atoms with E-state index in [-0.39, 0.29) is 0 Å². The Hall–Kier alpha value is -1.69. The zero-order valence-electron chi connectivity index (χ0n) is 15.8. The monoisotopic (exact) mass is 372 g/mol. The van der Waals surface area contributed by atoms with E-state index in [1.807, 2.05) is 25.1 Å². The Morgan fingerprint density at radius 2 is 1.96 bits per heavy atom. The molecule has 1 aromatic rings. The van der Waals surface area contributed by atoms with E-state index in [1.54, 1.807) is 7.11 Å². The molecular formula is C21H28N2O2S. The second-order valence-electron chi connectivity index (χ2n) is 6.47. The molecule has 1 fully saturated rings. The molecule has 0 spiro atoms. The van der Waals surface area contributed by atoms with Crippen LogP contribution in [-0.2, 0) is 10.8 Å². The summed E-state index contributed by atoms with van der Waals surface area (Å²) in [5, 5.41) is 3.44. The molecule has 2 atom stereocenters. The molecule has 2 aliphatic carbocycles. The van der Waals surface area contributed by atoms with Gasteiger partial charge in [0.1, 0.15) is 5.75 Å². The SMILES string of the molecule is CCN1CCNCC1c1ccc(S(=O)CC)cc1.COc1ccc2cc1-2. The second-order valence-corrected chi connectivity index (χ2v) is 8.21. The number of hydrogen-bond donors (Lipinski definition) is 1. The summed E-state index contributed by atoms with van der Waals surface area (Å²) < 4.78 is 16.7. The minimum absolute atomic E-state index is 0.452. The molecule has 2 unspecified atom stereocenters. The number of likely N-dealkylation sites (N-methyl/N-ethyl adjacent to an activating group) is 1. The smallest absolute Gasteiger partial charge is 0.126 e. The molecule has 0 amide bonds. The fourth-order valence-corrected chi connectivity index (χ4v) is 4.14. The first kappa shape index (κ1) is 19.1. The summed E-state index contributed by atoms with van der Waals surface area (Å²) in [5.74, 6) is 1.70. The van der Waals surface area contributed by atoms with Gasteiger partial charge in [-0.05, 0) is 41.9 Å². The average molecular weight is 373 g/mol. The molecule has 4 nitrogen and oxygen atoms in total. The zero-order chi connectivity index (χ0) is 18.5. The van der Waals surface area contributed by atoms with Gasteiger partial charge in [-0.2, -0.15) is 0 Å². The zero-order valence-corrected chi connectivity index (χ0v) is 16.6. The van der Waals surface area contributed by atoms with Gasteiger partial charge in [0.15, 0.2) is 0 Å².